The van der Waals surface area contributed by atoms with Crippen LogP contribution in [-0.2, 0) is 0 Å². The molecule has 0 spiro atoms. The number of aryl methyl sites for hydroxylation is 2. The fourth-order valence-electron chi connectivity index (χ4n) is 7.61. The first-order valence-electron chi connectivity index (χ1n) is 14.6. The normalized spacial score (nSPS) is 19.1. The molecular formula is C34H40O2Si4. The Morgan fingerprint density at radius 1 is 0.425 bits per heavy atom. The van der Waals surface area contributed by atoms with Gasteiger partial charge in [-0.3, -0.25) is 0 Å². The predicted octanol–water partition coefficient (Wildman–Crippen LogP) is 7.63. The first-order chi connectivity index (χ1) is 18.7. The van der Waals surface area contributed by atoms with Crippen molar-refractivity contribution in [3.63, 3.8) is 0 Å². The highest BCUT2D eigenvalue weighted by atomic mass is 29.3. The predicted molar refractivity (Wildman–Crippen MR) is 185 cm³/mol. The van der Waals surface area contributed by atoms with Crippen molar-refractivity contribution in [3.05, 3.63) is 71.8 Å². The van der Waals surface area contributed by atoms with Crippen LogP contribution in [0.3, 0.4) is 0 Å². The number of hydrogen-bond donors (Lipinski definition) is 0. The first kappa shape index (κ1) is 26.3. The molecule has 7 rings (SSSR count). The Morgan fingerprint density at radius 2 is 0.775 bits per heavy atom. The highest BCUT2D eigenvalue weighted by Crippen LogP contribution is 2.36. The third-order valence-electron chi connectivity index (χ3n) is 11.7. The van der Waals surface area contributed by atoms with E-state index in [1.54, 1.807) is 10.4 Å². The molecule has 0 radical (unpaired) electrons. The Bertz CT molecular complexity index is 1890. The Balaban J connectivity index is 1.68. The minimum Gasteiger partial charge on any atom is -0.456 e. The maximum Gasteiger partial charge on any atom is 0.135 e. The van der Waals surface area contributed by atoms with Gasteiger partial charge in [-0.1, -0.05) is 110 Å². The van der Waals surface area contributed by atoms with E-state index in [1.165, 1.54) is 43.0 Å². The first-order valence-corrected chi connectivity index (χ1v) is 28.6. The number of fused-ring (bicyclic) bond motifs is 4. The molecule has 2 nitrogen and oxygen atoms in total. The van der Waals surface area contributed by atoms with Crippen molar-refractivity contribution >= 4 is 95.0 Å². The van der Waals surface area contributed by atoms with Crippen LogP contribution in [0, 0.1) is 13.8 Å². The van der Waals surface area contributed by atoms with E-state index in [4.69, 9.17) is 8.83 Å². The van der Waals surface area contributed by atoms with Crippen molar-refractivity contribution < 1.29 is 8.83 Å². The van der Waals surface area contributed by atoms with Crippen molar-refractivity contribution in [2.45, 2.75) is 66.2 Å². The van der Waals surface area contributed by atoms with Gasteiger partial charge in [-0.15, -0.1) is 0 Å². The number of rotatable bonds is 0. The molecule has 0 saturated carbocycles. The molecule has 0 unspecified atom stereocenters. The van der Waals surface area contributed by atoms with Crippen molar-refractivity contribution in [2.24, 2.45) is 0 Å². The number of benzene rings is 4. The molecule has 0 fully saturated rings. The maximum absolute atomic E-state index is 6.49. The van der Waals surface area contributed by atoms with Gasteiger partial charge < -0.3 is 8.83 Å². The van der Waals surface area contributed by atoms with E-state index in [0.717, 1.165) is 22.3 Å². The third kappa shape index (κ3) is 3.13. The summed E-state index contributed by atoms with van der Waals surface area (Å²) in [6.07, 6.45) is 0. The summed E-state index contributed by atoms with van der Waals surface area (Å²) in [5, 5.41) is 11.5. The van der Waals surface area contributed by atoms with Gasteiger partial charge in [0.15, 0.2) is 0 Å². The van der Waals surface area contributed by atoms with Crippen LogP contribution >= 0.6 is 0 Å². The molecule has 8 bridgehead atoms. The Labute approximate surface area is 241 Å². The summed E-state index contributed by atoms with van der Waals surface area (Å²) in [4.78, 5) is 0. The molecule has 0 amide bonds. The minimum atomic E-state index is -1.92. The van der Waals surface area contributed by atoms with Crippen LogP contribution in [0.4, 0.5) is 0 Å². The van der Waals surface area contributed by atoms with E-state index in [9.17, 15) is 0 Å². The van der Waals surface area contributed by atoms with E-state index >= 15 is 0 Å². The van der Waals surface area contributed by atoms with Gasteiger partial charge in [0.05, 0.1) is 30.4 Å². The quantitative estimate of drug-likeness (QED) is 0.170. The van der Waals surface area contributed by atoms with Crippen molar-refractivity contribution in [1.82, 2.24) is 0 Å². The van der Waals surface area contributed by atoms with Crippen molar-refractivity contribution in [3.8, 4) is 0 Å². The molecule has 0 atom stereocenters. The van der Waals surface area contributed by atoms with E-state index in [-0.39, 0.29) is 0 Å². The zero-order chi connectivity index (χ0) is 28.6. The molecule has 3 heterocycles. The van der Waals surface area contributed by atoms with Crippen LogP contribution in [0.2, 0.25) is 52.4 Å². The average molecular weight is 593 g/mol. The van der Waals surface area contributed by atoms with E-state index in [2.05, 4.69) is 127 Å². The molecule has 1 aliphatic rings. The van der Waals surface area contributed by atoms with Crippen LogP contribution in [0.25, 0.3) is 43.9 Å². The second-order valence-electron chi connectivity index (χ2n) is 14.3. The fraction of sp³-hybridized carbons (Fsp3) is 0.294. The zero-order valence-electron chi connectivity index (χ0n) is 25.6. The highest BCUT2D eigenvalue weighted by molar-refractivity contribution is 7.50. The molecule has 1 aliphatic heterocycles. The van der Waals surface area contributed by atoms with E-state index in [0.29, 0.717) is 0 Å². The van der Waals surface area contributed by atoms with Crippen LogP contribution < -0.4 is 20.7 Å². The summed E-state index contributed by atoms with van der Waals surface area (Å²) < 4.78 is 13.0. The largest absolute Gasteiger partial charge is 0.456 e. The van der Waals surface area contributed by atoms with Crippen LogP contribution in [0.5, 0.6) is 0 Å². The molecule has 6 aromatic rings. The molecular weight excluding hydrogens is 553 g/mol. The third-order valence-corrected chi connectivity index (χ3v) is 47.3. The Hall–Kier alpha value is -2.65. The average Bonchev–Trinajstić information content (AvgIpc) is 3.46. The number of hydrogen-bond acceptors (Lipinski definition) is 2. The van der Waals surface area contributed by atoms with Gasteiger partial charge in [0.1, 0.15) is 22.3 Å². The van der Waals surface area contributed by atoms with Gasteiger partial charge in [-0.2, -0.15) is 0 Å². The smallest absolute Gasteiger partial charge is 0.135 e. The fourth-order valence-corrected chi connectivity index (χ4v) is 26.5. The lowest BCUT2D eigenvalue weighted by Gasteiger charge is -2.41. The standard InChI is InChI=1S/C34H40O2Si4/c1-21-31-17-15-29-33(21)25-19-23(11-13-27(25)35-29)37(3,4)38(5,6)24-12-14-28-26(20-24)34-22(2)32(18-16-30(34)36-28)40(9,10)39(31,7)8/h11-20H,1-10H3. The van der Waals surface area contributed by atoms with Gasteiger partial charge in [-0.05, 0) is 49.2 Å². The van der Waals surface area contributed by atoms with Gasteiger partial charge in [0.25, 0.3) is 0 Å². The lowest BCUT2D eigenvalue weighted by atomic mass is 10.1. The van der Waals surface area contributed by atoms with Gasteiger partial charge in [0.2, 0.25) is 0 Å². The monoisotopic (exact) mass is 592 g/mol. The van der Waals surface area contributed by atoms with Crippen molar-refractivity contribution in [1.29, 1.82) is 0 Å². The van der Waals surface area contributed by atoms with Gasteiger partial charge in [-0.25, -0.2) is 0 Å². The molecule has 0 saturated heterocycles. The second kappa shape index (κ2) is 8.00. The topological polar surface area (TPSA) is 26.3 Å². The summed E-state index contributed by atoms with van der Waals surface area (Å²) >= 11 is 0. The summed E-state index contributed by atoms with van der Waals surface area (Å²) in [5.74, 6) is 0. The van der Waals surface area contributed by atoms with E-state index in [1.807, 2.05) is 0 Å². The maximum atomic E-state index is 6.49. The molecule has 0 N–H and O–H groups in total. The molecule has 4 aromatic carbocycles. The summed E-state index contributed by atoms with van der Waals surface area (Å²) in [6, 6.07) is 23.6. The summed E-state index contributed by atoms with van der Waals surface area (Å²) in [7, 11) is -7.57. The van der Waals surface area contributed by atoms with Gasteiger partial charge in [0, 0.05) is 21.5 Å². The molecule has 6 heteroatoms. The molecule has 204 valence electrons. The molecule has 0 aliphatic carbocycles. The van der Waals surface area contributed by atoms with Gasteiger partial charge >= 0.3 is 0 Å². The van der Waals surface area contributed by atoms with Crippen LogP contribution in [0.15, 0.2) is 69.5 Å². The van der Waals surface area contributed by atoms with E-state index < -0.39 is 30.4 Å². The highest BCUT2D eigenvalue weighted by Gasteiger charge is 2.47. The summed E-state index contributed by atoms with van der Waals surface area (Å²) in [5.41, 5.74) is 6.96. The Morgan fingerprint density at radius 3 is 1.15 bits per heavy atom. The summed E-state index contributed by atoms with van der Waals surface area (Å²) in [6.45, 7) is 25.6. The van der Waals surface area contributed by atoms with Crippen LogP contribution in [-0.4, -0.2) is 30.4 Å². The molecule has 40 heavy (non-hydrogen) atoms. The van der Waals surface area contributed by atoms with Crippen molar-refractivity contribution in [2.75, 3.05) is 0 Å². The lowest BCUT2D eigenvalue weighted by Crippen LogP contribution is -2.70. The second-order valence-corrected chi connectivity index (χ2v) is 44.6. The zero-order valence-corrected chi connectivity index (χ0v) is 29.6. The number of furan rings is 2. The minimum absolute atomic E-state index is 1.02. The van der Waals surface area contributed by atoms with Crippen LogP contribution in [0.1, 0.15) is 11.1 Å². The molecule has 2 aromatic heterocycles. The lowest BCUT2D eigenvalue weighted by molar-refractivity contribution is 0.668. The Kier molecular flexibility index (Phi) is 5.25. The SMILES string of the molecule is Cc1c2ccc3oc4ccc(cc4c13)[Si](C)(C)[Si](C)(C)c1ccc3oc4ccc(c(C)c4c3c1)[Si](C)(C)[Si]2(C)C.